The molecule has 1 spiro atoms. The van der Waals surface area contributed by atoms with Crippen molar-refractivity contribution in [2.45, 2.75) is 64.1 Å². The van der Waals surface area contributed by atoms with E-state index in [2.05, 4.69) is 5.32 Å². The van der Waals surface area contributed by atoms with E-state index in [4.69, 9.17) is 0 Å². The Kier molecular flexibility index (Phi) is 5.42. The number of aliphatic hydroxyl groups is 1. The lowest BCUT2D eigenvalue weighted by molar-refractivity contribution is -0.141. The van der Waals surface area contributed by atoms with Crippen molar-refractivity contribution in [3.05, 3.63) is 35.9 Å². The van der Waals surface area contributed by atoms with Crippen LogP contribution in [0.5, 0.6) is 0 Å². The maximum atomic E-state index is 12.7. The zero-order chi connectivity index (χ0) is 17.9. The number of carbonyl (C=O) groups is 2. The van der Waals surface area contributed by atoms with Gasteiger partial charge in [-0.05, 0) is 30.7 Å². The molecule has 0 aromatic heterocycles. The maximum Gasteiger partial charge on any atom is 0.245 e. The Morgan fingerprint density at radius 3 is 2.56 bits per heavy atom. The van der Waals surface area contributed by atoms with E-state index in [0.717, 1.165) is 31.2 Å². The molecule has 1 aromatic rings. The summed E-state index contributed by atoms with van der Waals surface area (Å²) >= 11 is 0. The number of amides is 2. The zero-order valence-corrected chi connectivity index (χ0v) is 14.9. The highest BCUT2D eigenvalue weighted by atomic mass is 16.3. The molecule has 2 aliphatic rings. The molecule has 2 fully saturated rings. The molecule has 0 radical (unpaired) electrons. The lowest BCUT2D eigenvalue weighted by atomic mass is 9.73. The number of likely N-dealkylation sites (tertiary alicyclic amines) is 1. The van der Waals surface area contributed by atoms with E-state index in [1.165, 1.54) is 6.42 Å². The molecule has 1 aromatic carbocycles. The van der Waals surface area contributed by atoms with Crippen molar-refractivity contribution in [3.63, 3.8) is 0 Å². The highest BCUT2D eigenvalue weighted by Gasteiger charge is 2.48. The fourth-order valence-electron chi connectivity index (χ4n) is 4.33. The second-order valence-corrected chi connectivity index (χ2v) is 7.65. The van der Waals surface area contributed by atoms with Crippen LogP contribution in [0.4, 0.5) is 0 Å². The summed E-state index contributed by atoms with van der Waals surface area (Å²) in [5, 5.41) is 13.1. The van der Waals surface area contributed by atoms with Gasteiger partial charge in [-0.2, -0.15) is 0 Å². The van der Waals surface area contributed by atoms with E-state index >= 15 is 0 Å². The van der Waals surface area contributed by atoms with Crippen LogP contribution in [0.3, 0.4) is 0 Å². The monoisotopic (exact) mass is 344 g/mol. The second kappa shape index (κ2) is 7.56. The van der Waals surface area contributed by atoms with Gasteiger partial charge in [0.05, 0.1) is 6.10 Å². The average molecular weight is 344 g/mol. The molecule has 1 heterocycles. The van der Waals surface area contributed by atoms with E-state index in [-0.39, 0.29) is 17.2 Å². The molecule has 1 saturated heterocycles. The van der Waals surface area contributed by atoms with Crippen molar-refractivity contribution < 1.29 is 14.7 Å². The number of benzene rings is 1. The van der Waals surface area contributed by atoms with Crippen LogP contribution in [0.1, 0.15) is 51.0 Å². The number of hydrogen-bond donors (Lipinski definition) is 2. The summed E-state index contributed by atoms with van der Waals surface area (Å²) in [6.07, 6.45) is 5.26. The van der Waals surface area contributed by atoms with Gasteiger partial charge in [-0.3, -0.25) is 9.59 Å². The lowest BCUT2D eigenvalue weighted by Crippen LogP contribution is -2.53. The molecule has 25 heavy (non-hydrogen) atoms. The Hall–Kier alpha value is -1.88. The summed E-state index contributed by atoms with van der Waals surface area (Å²) in [5.74, 6) is -0.275. The first-order valence-corrected chi connectivity index (χ1v) is 9.30. The van der Waals surface area contributed by atoms with Gasteiger partial charge < -0.3 is 15.3 Å². The Morgan fingerprint density at radius 1 is 1.24 bits per heavy atom. The molecule has 1 aliphatic carbocycles. The van der Waals surface area contributed by atoms with Crippen LogP contribution in [-0.4, -0.2) is 40.5 Å². The molecule has 2 N–H and O–H groups in total. The molecule has 5 nitrogen and oxygen atoms in total. The molecule has 2 atom stereocenters. The molecule has 1 saturated carbocycles. The van der Waals surface area contributed by atoms with E-state index < -0.39 is 12.1 Å². The number of aliphatic hydroxyl groups excluding tert-OH is 1. The summed E-state index contributed by atoms with van der Waals surface area (Å²) in [6, 6.07) is 8.84. The minimum Gasteiger partial charge on any atom is -0.391 e. The number of nitrogens with one attached hydrogen (secondary N) is 1. The summed E-state index contributed by atoms with van der Waals surface area (Å²) < 4.78 is 0. The highest BCUT2D eigenvalue weighted by molar-refractivity contribution is 5.89. The van der Waals surface area contributed by atoms with Crippen molar-refractivity contribution >= 4 is 11.8 Å². The van der Waals surface area contributed by atoms with Crippen LogP contribution < -0.4 is 5.32 Å². The van der Waals surface area contributed by atoms with Crippen molar-refractivity contribution in [2.75, 3.05) is 6.54 Å². The van der Waals surface area contributed by atoms with Crippen LogP contribution in [0.15, 0.2) is 30.3 Å². The summed E-state index contributed by atoms with van der Waals surface area (Å²) in [7, 11) is 0. The molecular formula is C20H28N2O3. The van der Waals surface area contributed by atoms with E-state index in [0.29, 0.717) is 19.5 Å². The first-order valence-electron chi connectivity index (χ1n) is 9.30. The van der Waals surface area contributed by atoms with Crippen molar-refractivity contribution in [1.29, 1.82) is 0 Å². The van der Waals surface area contributed by atoms with Crippen LogP contribution in [0, 0.1) is 5.41 Å². The quantitative estimate of drug-likeness (QED) is 0.861. The van der Waals surface area contributed by atoms with Gasteiger partial charge in [0.15, 0.2) is 0 Å². The predicted octanol–water partition coefficient (Wildman–Crippen LogP) is 2.23. The topological polar surface area (TPSA) is 69.6 Å². The van der Waals surface area contributed by atoms with E-state index in [1.54, 1.807) is 11.8 Å². The first kappa shape index (κ1) is 17.9. The lowest BCUT2D eigenvalue weighted by Gasteiger charge is -2.35. The fraction of sp³-hybridized carbons (Fsp3) is 0.600. The molecule has 136 valence electrons. The number of nitrogens with zero attached hydrogens (tertiary/aromatic N) is 1. The Bertz CT molecular complexity index is 609. The third kappa shape index (κ3) is 4.03. The van der Waals surface area contributed by atoms with E-state index in [1.807, 2.05) is 30.3 Å². The fourth-order valence-corrected chi connectivity index (χ4v) is 4.33. The normalized spacial score (nSPS) is 22.0. The highest BCUT2D eigenvalue weighted by Crippen LogP contribution is 2.44. The smallest absolute Gasteiger partial charge is 0.245 e. The Morgan fingerprint density at radius 2 is 1.92 bits per heavy atom. The van der Waals surface area contributed by atoms with Gasteiger partial charge in [-0.25, -0.2) is 0 Å². The minimum atomic E-state index is -0.890. The van der Waals surface area contributed by atoms with Crippen molar-refractivity contribution in [1.82, 2.24) is 10.2 Å². The predicted molar refractivity (Wildman–Crippen MR) is 95.6 cm³/mol. The third-order valence-corrected chi connectivity index (χ3v) is 5.64. The number of carbonyl (C=O) groups excluding carboxylic acids is 2. The third-order valence-electron chi connectivity index (χ3n) is 5.64. The Labute approximate surface area is 149 Å². The molecule has 0 unspecified atom stereocenters. The molecule has 1 aliphatic heterocycles. The van der Waals surface area contributed by atoms with Crippen LogP contribution in [0.2, 0.25) is 0 Å². The van der Waals surface area contributed by atoms with Gasteiger partial charge in [-0.1, -0.05) is 49.6 Å². The maximum absolute atomic E-state index is 12.7. The summed E-state index contributed by atoms with van der Waals surface area (Å²) in [4.78, 5) is 26.9. The van der Waals surface area contributed by atoms with Gasteiger partial charge in [0, 0.05) is 19.5 Å². The molecule has 2 amide bonds. The summed E-state index contributed by atoms with van der Waals surface area (Å²) in [5.41, 5.74) is 1.01. The largest absolute Gasteiger partial charge is 0.391 e. The number of rotatable bonds is 5. The molecular weight excluding hydrogens is 316 g/mol. The number of hydrogen-bond acceptors (Lipinski definition) is 3. The van der Waals surface area contributed by atoms with E-state index in [9.17, 15) is 14.7 Å². The molecule has 3 rings (SSSR count). The Balaban J connectivity index is 1.68. The minimum absolute atomic E-state index is 0.00246. The zero-order valence-electron chi connectivity index (χ0n) is 14.9. The second-order valence-electron chi connectivity index (χ2n) is 7.65. The summed E-state index contributed by atoms with van der Waals surface area (Å²) in [6.45, 7) is 2.59. The van der Waals surface area contributed by atoms with Crippen LogP contribution >= 0.6 is 0 Å². The van der Waals surface area contributed by atoms with Gasteiger partial charge in [0.1, 0.15) is 6.04 Å². The van der Waals surface area contributed by atoms with Gasteiger partial charge in [0.25, 0.3) is 0 Å². The molecule has 0 bridgehead atoms. The standard InChI is InChI=1S/C20H28N2O3/c1-15(23)18(19(25)21-13-16-8-4-2-5-9-16)22-14-20(12-17(22)24)10-6-3-7-11-20/h2,4-5,8-9,15,18,23H,3,6-7,10-14H2,1H3,(H,21,25)/t15-,18+/m1/s1. The van der Waals surface area contributed by atoms with Crippen molar-refractivity contribution in [3.8, 4) is 0 Å². The van der Waals surface area contributed by atoms with Crippen LogP contribution in [-0.2, 0) is 16.1 Å². The van der Waals surface area contributed by atoms with Gasteiger partial charge in [-0.15, -0.1) is 0 Å². The van der Waals surface area contributed by atoms with Crippen LogP contribution in [0.25, 0.3) is 0 Å². The van der Waals surface area contributed by atoms with Crippen molar-refractivity contribution in [2.24, 2.45) is 5.41 Å². The van der Waals surface area contributed by atoms with Gasteiger partial charge in [0.2, 0.25) is 11.8 Å². The van der Waals surface area contributed by atoms with Gasteiger partial charge >= 0.3 is 0 Å². The SMILES string of the molecule is C[C@@H](O)[C@@H](C(=O)NCc1ccccc1)N1CC2(CCCCC2)CC1=O. The first-order chi connectivity index (χ1) is 12.0. The molecule has 5 heteroatoms. The average Bonchev–Trinajstić information content (AvgIpc) is 2.90.